The van der Waals surface area contributed by atoms with Crippen LogP contribution in [0.25, 0.3) is 0 Å². The van der Waals surface area contributed by atoms with Gasteiger partial charge in [-0.2, -0.15) is 0 Å². The van der Waals surface area contributed by atoms with Crippen LogP contribution in [-0.4, -0.2) is 83.1 Å². The van der Waals surface area contributed by atoms with Crippen LogP contribution >= 0.6 is 11.6 Å². The van der Waals surface area contributed by atoms with Crippen molar-refractivity contribution in [3.05, 3.63) is 58.1 Å². The molecule has 0 saturated carbocycles. The Balaban J connectivity index is 1.13. The van der Waals surface area contributed by atoms with Gasteiger partial charge in [0.05, 0.1) is 11.7 Å². The molecule has 7 nitrogen and oxygen atoms in total. The van der Waals surface area contributed by atoms with Gasteiger partial charge in [0.25, 0.3) is 5.91 Å². The number of benzene rings is 2. The largest absolute Gasteiger partial charge is 0.490 e. The lowest BCUT2D eigenvalue weighted by molar-refractivity contribution is -0.00202. The molecule has 3 aliphatic rings. The van der Waals surface area contributed by atoms with Gasteiger partial charge in [0, 0.05) is 57.0 Å². The van der Waals surface area contributed by atoms with Crippen LogP contribution in [0.4, 0.5) is 0 Å². The van der Waals surface area contributed by atoms with Crippen molar-refractivity contribution in [3.8, 4) is 11.5 Å². The van der Waals surface area contributed by atoms with Crippen molar-refractivity contribution in [1.29, 1.82) is 0 Å². The first-order chi connectivity index (χ1) is 16.8. The number of likely N-dealkylation sites (tertiary alicyclic amines) is 2. The van der Waals surface area contributed by atoms with Crippen molar-refractivity contribution < 1.29 is 24.5 Å². The first-order valence-corrected chi connectivity index (χ1v) is 12.8. The molecule has 2 saturated heterocycles. The Morgan fingerprint density at radius 3 is 2.77 bits per heavy atom. The van der Waals surface area contributed by atoms with E-state index < -0.39 is 12.2 Å². The predicted molar refractivity (Wildman–Crippen MR) is 133 cm³/mol. The first-order valence-electron chi connectivity index (χ1n) is 12.4. The SMILES string of the molecule is Cc1ccc(OC[C@H](O)CN2CCC3(CC2)Cc2cc(Cl)ccc2O3)c(C(=O)N2CC[C@H](O)C2)c1. The molecule has 2 atom stereocenters. The summed E-state index contributed by atoms with van der Waals surface area (Å²) in [6.07, 6.45) is 2.11. The second-order valence-corrected chi connectivity index (χ2v) is 10.6. The zero-order valence-electron chi connectivity index (χ0n) is 20.1. The minimum Gasteiger partial charge on any atom is -0.490 e. The Labute approximate surface area is 211 Å². The van der Waals surface area contributed by atoms with Crippen LogP contribution < -0.4 is 9.47 Å². The number of ether oxygens (including phenoxy) is 2. The fourth-order valence-corrected chi connectivity index (χ4v) is 5.59. The lowest BCUT2D eigenvalue weighted by atomic mass is 9.87. The number of carbonyl (C=O) groups is 1. The van der Waals surface area contributed by atoms with E-state index in [0.29, 0.717) is 37.4 Å². The number of halogens is 1. The van der Waals surface area contributed by atoms with Crippen LogP contribution in [0.5, 0.6) is 11.5 Å². The first kappa shape index (κ1) is 24.4. The molecule has 188 valence electrons. The van der Waals surface area contributed by atoms with E-state index in [-0.39, 0.29) is 18.1 Å². The molecule has 2 N–H and O–H groups in total. The summed E-state index contributed by atoms with van der Waals surface area (Å²) in [5.74, 6) is 1.26. The summed E-state index contributed by atoms with van der Waals surface area (Å²) in [6, 6.07) is 11.3. The van der Waals surface area contributed by atoms with Gasteiger partial charge in [0.2, 0.25) is 0 Å². The number of nitrogens with zero attached hydrogens (tertiary/aromatic N) is 2. The maximum absolute atomic E-state index is 13.0. The third-order valence-corrected chi connectivity index (χ3v) is 7.58. The van der Waals surface area contributed by atoms with Crippen molar-refractivity contribution in [3.63, 3.8) is 0 Å². The highest BCUT2D eigenvalue weighted by atomic mass is 35.5. The van der Waals surface area contributed by atoms with Gasteiger partial charge in [-0.25, -0.2) is 0 Å². The molecule has 1 amide bonds. The monoisotopic (exact) mass is 500 g/mol. The smallest absolute Gasteiger partial charge is 0.257 e. The van der Waals surface area contributed by atoms with Crippen LogP contribution in [0.3, 0.4) is 0 Å². The Hall–Kier alpha value is -2.32. The molecule has 2 aromatic rings. The number of β-amino-alcohol motifs (C(OH)–C–C–N with tert-alkyl or cyclic N) is 2. The summed E-state index contributed by atoms with van der Waals surface area (Å²) in [6.45, 7) is 5.09. The number of fused-ring (bicyclic) bond motifs is 1. The normalized spacial score (nSPS) is 22.2. The van der Waals surface area contributed by atoms with E-state index in [1.165, 1.54) is 5.56 Å². The van der Waals surface area contributed by atoms with E-state index in [0.717, 1.165) is 48.7 Å². The molecule has 0 unspecified atom stereocenters. The summed E-state index contributed by atoms with van der Waals surface area (Å²) in [5, 5.41) is 21.2. The van der Waals surface area contributed by atoms with Crippen molar-refractivity contribution in [2.75, 3.05) is 39.3 Å². The molecule has 0 aromatic heterocycles. The molecule has 2 fully saturated rings. The van der Waals surface area contributed by atoms with Gasteiger partial charge >= 0.3 is 0 Å². The van der Waals surface area contributed by atoms with E-state index in [1.54, 1.807) is 11.0 Å². The molecule has 2 aromatic carbocycles. The number of hydrogen-bond donors (Lipinski definition) is 2. The van der Waals surface area contributed by atoms with Crippen LogP contribution in [0.2, 0.25) is 5.02 Å². The van der Waals surface area contributed by atoms with Gasteiger partial charge in [-0.3, -0.25) is 4.79 Å². The number of amides is 1. The molecule has 1 spiro atoms. The zero-order chi connectivity index (χ0) is 24.6. The minimum atomic E-state index is -0.678. The molecule has 0 radical (unpaired) electrons. The number of aliphatic hydroxyl groups excluding tert-OH is 2. The number of aliphatic hydroxyl groups is 2. The van der Waals surface area contributed by atoms with Gasteiger partial charge in [0.1, 0.15) is 29.8 Å². The number of carbonyl (C=O) groups excluding carboxylic acids is 1. The topological polar surface area (TPSA) is 82.5 Å². The quantitative estimate of drug-likeness (QED) is 0.634. The second-order valence-electron chi connectivity index (χ2n) is 10.2. The summed E-state index contributed by atoms with van der Waals surface area (Å²) in [4.78, 5) is 16.9. The lowest BCUT2D eigenvalue weighted by Crippen LogP contribution is -2.49. The molecule has 5 rings (SSSR count). The molecule has 8 heteroatoms. The van der Waals surface area contributed by atoms with Gasteiger partial charge in [-0.1, -0.05) is 23.2 Å². The van der Waals surface area contributed by atoms with Crippen molar-refractivity contribution in [2.24, 2.45) is 0 Å². The zero-order valence-corrected chi connectivity index (χ0v) is 20.8. The average Bonchev–Trinajstić information content (AvgIpc) is 3.42. The number of aryl methyl sites for hydroxylation is 1. The lowest BCUT2D eigenvalue weighted by Gasteiger charge is -2.39. The maximum Gasteiger partial charge on any atom is 0.257 e. The van der Waals surface area contributed by atoms with Crippen molar-refractivity contribution in [2.45, 2.75) is 50.4 Å². The standard InChI is InChI=1S/C27H33ClN2O5/c1-18-2-4-25(23(12-18)26(33)30-9-6-21(31)16-30)34-17-22(32)15-29-10-7-27(8-11-29)14-19-13-20(28)3-5-24(19)35-27/h2-5,12-13,21-22,31-32H,6-11,14-17H2,1H3/t21-,22+/m0/s1. The van der Waals surface area contributed by atoms with E-state index in [4.69, 9.17) is 21.1 Å². The number of rotatable bonds is 6. The van der Waals surface area contributed by atoms with E-state index in [1.807, 2.05) is 37.3 Å². The van der Waals surface area contributed by atoms with Gasteiger partial charge in [-0.05, 0) is 49.2 Å². The van der Waals surface area contributed by atoms with E-state index in [2.05, 4.69) is 4.90 Å². The predicted octanol–water partition coefficient (Wildman–Crippen LogP) is 3.06. The van der Waals surface area contributed by atoms with Gasteiger partial charge < -0.3 is 29.5 Å². The maximum atomic E-state index is 13.0. The van der Waals surface area contributed by atoms with Crippen molar-refractivity contribution >= 4 is 17.5 Å². The highest BCUT2D eigenvalue weighted by molar-refractivity contribution is 6.30. The average molecular weight is 501 g/mol. The Morgan fingerprint density at radius 1 is 1.23 bits per heavy atom. The third-order valence-electron chi connectivity index (χ3n) is 7.35. The highest BCUT2D eigenvalue weighted by Crippen LogP contribution is 2.42. The summed E-state index contributed by atoms with van der Waals surface area (Å²) in [7, 11) is 0. The molecular weight excluding hydrogens is 468 g/mol. The Bertz CT molecular complexity index is 1090. The number of hydrogen-bond acceptors (Lipinski definition) is 6. The highest BCUT2D eigenvalue weighted by Gasteiger charge is 2.42. The molecule has 0 bridgehead atoms. The van der Waals surface area contributed by atoms with Crippen LogP contribution in [-0.2, 0) is 6.42 Å². The third kappa shape index (κ3) is 5.43. The number of piperidine rings is 1. The van der Waals surface area contributed by atoms with Crippen molar-refractivity contribution in [1.82, 2.24) is 9.80 Å². The van der Waals surface area contributed by atoms with Crippen LogP contribution in [0, 0.1) is 6.92 Å². The van der Waals surface area contributed by atoms with E-state index in [9.17, 15) is 15.0 Å². The fraction of sp³-hybridized carbons (Fsp3) is 0.519. The summed E-state index contributed by atoms with van der Waals surface area (Å²) >= 11 is 6.14. The molecule has 3 aliphatic heterocycles. The Morgan fingerprint density at radius 2 is 2.03 bits per heavy atom. The second kappa shape index (κ2) is 9.97. The molecular formula is C27H33ClN2O5. The van der Waals surface area contributed by atoms with Crippen LogP contribution in [0.15, 0.2) is 36.4 Å². The molecule has 35 heavy (non-hydrogen) atoms. The van der Waals surface area contributed by atoms with E-state index >= 15 is 0 Å². The molecule has 0 aliphatic carbocycles. The molecule has 3 heterocycles. The minimum absolute atomic E-state index is 0.105. The fourth-order valence-electron chi connectivity index (χ4n) is 5.39. The summed E-state index contributed by atoms with van der Waals surface area (Å²) < 4.78 is 12.2. The summed E-state index contributed by atoms with van der Waals surface area (Å²) in [5.41, 5.74) is 2.43. The van der Waals surface area contributed by atoms with Crippen LogP contribution in [0.1, 0.15) is 40.7 Å². The van der Waals surface area contributed by atoms with Gasteiger partial charge in [-0.15, -0.1) is 0 Å². The van der Waals surface area contributed by atoms with Gasteiger partial charge in [0.15, 0.2) is 0 Å². The Kier molecular flexibility index (Phi) is 6.95.